The van der Waals surface area contributed by atoms with Crippen molar-refractivity contribution in [2.45, 2.75) is 18.0 Å². The van der Waals surface area contributed by atoms with Crippen molar-refractivity contribution in [3.63, 3.8) is 0 Å². The van der Waals surface area contributed by atoms with Gasteiger partial charge in [-0.15, -0.1) is 0 Å². The maximum atomic E-state index is 13.7. The van der Waals surface area contributed by atoms with Gasteiger partial charge in [-0.2, -0.15) is 13.2 Å². The fourth-order valence-corrected chi connectivity index (χ4v) is 2.76. The van der Waals surface area contributed by atoms with Gasteiger partial charge < -0.3 is 0 Å². The third kappa shape index (κ3) is 2.35. The zero-order valence-electron chi connectivity index (χ0n) is 11.3. The zero-order valence-corrected chi connectivity index (χ0v) is 11.3. The quantitative estimate of drug-likeness (QED) is 0.778. The van der Waals surface area contributed by atoms with Crippen LogP contribution >= 0.6 is 0 Å². The van der Waals surface area contributed by atoms with Crippen LogP contribution in [0.5, 0.6) is 0 Å². The first-order valence-electron chi connectivity index (χ1n) is 6.74. The van der Waals surface area contributed by atoms with Gasteiger partial charge in [0.1, 0.15) is 5.41 Å². The molecular weight excluding hydrogens is 275 g/mol. The molecule has 2 aromatic rings. The van der Waals surface area contributed by atoms with Crippen molar-refractivity contribution < 1.29 is 13.2 Å². The van der Waals surface area contributed by atoms with Gasteiger partial charge in [0.25, 0.3) is 0 Å². The van der Waals surface area contributed by atoms with Gasteiger partial charge in [-0.05, 0) is 11.1 Å². The molecule has 0 aliphatic carbocycles. The molecule has 21 heavy (non-hydrogen) atoms. The van der Waals surface area contributed by atoms with Crippen molar-refractivity contribution in [1.29, 1.82) is 0 Å². The maximum Gasteiger partial charge on any atom is 0.400 e. The molecule has 0 spiro atoms. The van der Waals surface area contributed by atoms with E-state index in [1.165, 1.54) is 12.1 Å². The first kappa shape index (κ1) is 13.9. The summed E-state index contributed by atoms with van der Waals surface area (Å²) in [4.78, 5) is 4.20. The number of halogens is 3. The summed E-state index contributed by atoms with van der Waals surface area (Å²) in [6.07, 6.45) is -4.43. The lowest BCUT2D eigenvalue weighted by Crippen LogP contribution is -2.43. The van der Waals surface area contributed by atoms with Crippen molar-refractivity contribution in [2.24, 2.45) is 4.99 Å². The van der Waals surface area contributed by atoms with Crippen molar-refractivity contribution in [3.8, 4) is 0 Å². The smallest absolute Gasteiger partial charge is 0.288 e. The second-order valence-electron chi connectivity index (χ2n) is 5.25. The van der Waals surface area contributed by atoms with Crippen LogP contribution in [0.3, 0.4) is 0 Å². The summed E-state index contributed by atoms with van der Waals surface area (Å²) in [5.74, 6) is 0. The van der Waals surface area contributed by atoms with E-state index < -0.39 is 11.6 Å². The Morgan fingerprint density at radius 1 is 0.857 bits per heavy atom. The Labute approximate surface area is 121 Å². The molecule has 108 valence electrons. The number of hydrogen-bond acceptors (Lipinski definition) is 1. The molecule has 0 fully saturated rings. The Morgan fingerprint density at radius 2 is 1.43 bits per heavy atom. The molecule has 0 N–H and O–H groups in total. The molecule has 0 saturated carbocycles. The van der Waals surface area contributed by atoms with Crippen LogP contribution in [0.25, 0.3) is 0 Å². The van der Waals surface area contributed by atoms with E-state index in [-0.39, 0.29) is 18.5 Å². The molecule has 2 aromatic carbocycles. The van der Waals surface area contributed by atoms with Crippen molar-refractivity contribution in [2.75, 3.05) is 6.54 Å². The lowest BCUT2D eigenvalue weighted by Gasteiger charge is -2.31. The molecule has 0 unspecified atom stereocenters. The normalized spacial score (nSPS) is 22.1. The molecule has 0 amide bonds. The largest absolute Gasteiger partial charge is 0.400 e. The molecular formula is C17H14F3N. The van der Waals surface area contributed by atoms with Gasteiger partial charge in [0.05, 0.1) is 6.54 Å². The topological polar surface area (TPSA) is 12.4 Å². The molecule has 0 bridgehead atoms. The molecule has 0 saturated heterocycles. The minimum atomic E-state index is -4.33. The number of alkyl halides is 3. The van der Waals surface area contributed by atoms with E-state index in [1.54, 1.807) is 30.3 Å². The molecule has 1 aliphatic rings. The highest BCUT2D eigenvalue weighted by molar-refractivity contribution is 6.02. The number of benzene rings is 2. The molecule has 1 nitrogen and oxygen atoms in total. The zero-order chi connectivity index (χ0) is 14.9. The Hall–Kier alpha value is -2.10. The van der Waals surface area contributed by atoms with Crippen LogP contribution in [0, 0.1) is 0 Å². The second-order valence-corrected chi connectivity index (χ2v) is 5.25. The third-order valence-corrected chi connectivity index (χ3v) is 3.99. The Morgan fingerprint density at radius 3 is 2.00 bits per heavy atom. The van der Waals surface area contributed by atoms with E-state index in [9.17, 15) is 13.2 Å². The van der Waals surface area contributed by atoms with Gasteiger partial charge in [-0.3, -0.25) is 4.99 Å². The van der Waals surface area contributed by atoms with Gasteiger partial charge in [0.15, 0.2) is 0 Å². The summed E-state index contributed by atoms with van der Waals surface area (Å²) in [6, 6.07) is 17.2. The van der Waals surface area contributed by atoms with Crippen molar-refractivity contribution >= 4 is 5.71 Å². The first-order valence-corrected chi connectivity index (χ1v) is 6.74. The molecule has 0 aromatic heterocycles. The van der Waals surface area contributed by atoms with Crippen molar-refractivity contribution in [1.82, 2.24) is 0 Å². The fourth-order valence-electron chi connectivity index (χ4n) is 2.76. The lowest BCUT2D eigenvalue weighted by atomic mass is 9.77. The predicted octanol–water partition coefficient (Wildman–Crippen LogP) is 4.38. The number of aliphatic imine (C=N–C) groups is 1. The fraction of sp³-hybridized carbons (Fsp3) is 0.235. The third-order valence-electron chi connectivity index (χ3n) is 3.99. The molecule has 1 heterocycles. The van der Waals surface area contributed by atoms with Gasteiger partial charge in [-0.25, -0.2) is 0 Å². The van der Waals surface area contributed by atoms with Crippen LogP contribution in [0.2, 0.25) is 0 Å². The van der Waals surface area contributed by atoms with E-state index >= 15 is 0 Å². The highest BCUT2D eigenvalue weighted by Gasteiger charge is 2.58. The second kappa shape index (κ2) is 5.02. The summed E-state index contributed by atoms with van der Waals surface area (Å²) in [5, 5.41) is 0. The van der Waals surface area contributed by atoms with Gasteiger partial charge in [0, 0.05) is 12.1 Å². The van der Waals surface area contributed by atoms with Gasteiger partial charge >= 0.3 is 6.18 Å². The number of hydrogen-bond donors (Lipinski definition) is 0. The monoisotopic (exact) mass is 289 g/mol. The van der Waals surface area contributed by atoms with E-state index in [1.807, 2.05) is 18.2 Å². The van der Waals surface area contributed by atoms with E-state index in [0.717, 1.165) is 5.56 Å². The first-order chi connectivity index (χ1) is 10.0. The molecule has 1 atom stereocenters. The van der Waals surface area contributed by atoms with Gasteiger partial charge in [0.2, 0.25) is 0 Å². The number of rotatable bonds is 2. The SMILES string of the molecule is FC(F)(F)[C@@]1(c2ccccc2)CN=C(c2ccccc2)C1. The van der Waals surface area contributed by atoms with E-state index in [0.29, 0.717) is 5.71 Å². The van der Waals surface area contributed by atoms with Crippen LogP contribution in [0.4, 0.5) is 13.2 Å². The molecule has 3 rings (SSSR count). The summed E-state index contributed by atoms with van der Waals surface area (Å²) in [7, 11) is 0. The summed E-state index contributed by atoms with van der Waals surface area (Å²) in [5.41, 5.74) is -0.331. The summed E-state index contributed by atoms with van der Waals surface area (Å²) in [6.45, 7) is -0.245. The Kier molecular flexibility index (Phi) is 3.32. The standard InChI is InChI=1S/C17H14F3N/c18-17(19,20)16(14-9-5-2-6-10-14)11-15(21-12-16)13-7-3-1-4-8-13/h1-10H,11-12H2/t16-/m1/s1. The van der Waals surface area contributed by atoms with Gasteiger partial charge in [-0.1, -0.05) is 60.7 Å². The van der Waals surface area contributed by atoms with Crippen LogP contribution in [-0.4, -0.2) is 18.4 Å². The van der Waals surface area contributed by atoms with Crippen LogP contribution in [0.1, 0.15) is 17.5 Å². The molecule has 0 radical (unpaired) electrons. The van der Waals surface area contributed by atoms with Crippen molar-refractivity contribution in [3.05, 3.63) is 71.8 Å². The Balaban J connectivity index is 2.00. The highest BCUT2D eigenvalue weighted by Crippen LogP contribution is 2.47. The summed E-state index contributed by atoms with van der Waals surface area (Å²) < 4.78 is 41.2. The molecule has 1 aliphatic heterocycles. The average molecular weight is 289 g/mol. The van der Waals surface area contributed by atoms with E-state index in [4.69, 9.17) is 0 Å². The minimum Gasteiger partial charge on any atom is -0.288 e. The highest BCUT2D eigenvalue weighted by atomic mass is 19.4. The molecule has 4 heteroatoms. The van der Waals surface area contributed by atoms with E-state index in [2.05, 4.69) is 4.99 Å². The maximum absolute atomic E-state index is 13.7. The Bertz CT molecular complexity index is 647. The predicted molar refractivity (Wildman–Crippen MR) is 76.6 cm³/mol. The number of nitrogens with zero attached hydrogens (tertiary/aromatic N) is 1. The minimum absolute atomic E-state index is 0.107. The average Bonchev–Trinajstić information content (AvgIpc) is 2.95. The lowest BCUT2D eigenvalue weighted by molar-refractivity contribution is -0.183. The van der Waals surface area contributed by atoms with Crippen LogP contribution in [-0.2, 0) is 5.41 Å². The van der Waals surface area contributed by atoms with Crippen LogP contribution < -0.4 is 0 Å². The summed E-state index contributed by atoms with van der Waals surface area (Å²) >= 11 is 0. The van der Waals surface area contributed by atoms with Crippen LogP contribution in [0.15, 0.2) is 65.7 Å².